The number of nitrogens with one attached hydrogen (secondary N) is 1. The zero-order valence-electron chi connectivity index (χ0n) is 8.02. The Kier molecular flexibility index (Phi) is 2.79. The van der Waals surface area contributed by atoms with Gasteiger partial charge in [0.25, 0.3) is 0 Å². The van der Waals surface area contributed by atoms with Gasteiger partial charge in [0.1, 0.15) is 5.01 Å². The quantitative estimate of drug-likeness (QED) is 0.872. The van der Waals surface area contributed by atoms with Gasteiger partial charge >= 0.3 is 0 Å². The SMILES string of the molecule is Cc1cnc(C(C)Nc2nccs2)s1. The van der Waals surface area contributed by atoms with E-state index in [2.05, 4.69) is 29.1 Å². The molecule has 2 aromatic heterocycles. The lowest BCUT2D eigenvalue weighted by molar-refractivity contribution is 0.867. The standard InChI is InChI=1S/C9H11N3S2/c1-6-5-11-8(14-6)7(2)12-9-10-3-4-13-9/h3-5,7H,1-2H3,(H,10,12). The van der Waals surface area contributed by atoms with Crippen LogP contribution in [-0.4, -0.2) is 9.97 Å². The summed E-state index contributed by atoms with van der Waals surface area (Å²) < 4.78 is 0. The number of hydrogen-bond donors (Lipinski definition) is 1. The molecule has 0 spiro atoms. The van der Waals surface area contributed by atoms with Gasteiger partial charge in [-0.05, 0) is 13.8 Å². The topological polar surface area (TPSA) is 37.8 Å². The Hall–Kier alpha value is -0.940. The minimum atomic E-state index is 0.236. The van der Waals surface area contributed by atoms with Crippen LogP contribution in [0.5, 0.6) is 0 Å². The molecule has 0 bridgehead atoms. The van der Waals surface area contributed by atoms with E-state index in [1.807, 2.05) is 11.6 Å². The fraction of sp³-hybridized carbons (Fsp3) is 0.333. The van der Waals surface area contributed by atoms with E-state index in [1.54, 1.807) is 28.9 Å². The van der Waals surface area contributed by atoms with E-state index in [-0.39, 0.29) is 6.04 Å². The molecular formula is C9H11N3S2. The molecule has 3 nitrogen and oxygen atoms in total. The predicted octanol–water partition coefficient (Wildman–Crippen LogP) is 3.08. The summed E-state index contributed by atoms with van der Waals surface area (Å²) in [6, 6.07) is 0.236. The van der Waals surface area contributed by atoms with Crippen molar-refractivity contribution in [3.05, 3.63) is 27.7 Å². The molecule has 0 fully saturated rings. The van der Waals surface area contributed by atoms with Gasteiger partial charge in [0, 0.05) is 22.7 Å². The summed E-state index contributed by atoms with van der Waals surface area (Å²) in [5.74, 6) is 0. The fourth-order valence-corrected chi connectivity index (χ4v) is 2.51. The first kappa shape index (κ1) is 9.61. The van der Waals surface area contributed by atoms with Crippen LogP contribution in [0.15, 0.2) is 17.8 Å². The molecule has 0 saturated heterocycles. The maximum Gasteiger partial charge on any atom is 0.183 e. The molecule has 1 atom stereocenters. The van der Waals surface area contributed by atoms with Gasteiger partial charge in [0.2, 0.25) is 0 Å². The third kappa shape index (κ3) is 2.10. The molecule has 2 rings (SSSR count). The number of aromatic nitrogens is 2. The van der Waals surface area contributed by atoms with Gasteiger partial charge in [-0.3, -0.25) is 0 Å². The normalized spacial score (nSPS) is 12.7. The van der Waals surface area contributed by atoms with Gasteiger partial charge in [0.05, 0.1) is 6.04 Å². The number of hydrogen-bond acceptors (Lipinski definition) is 5. The largest absolute Gasteiger partial charge is 0.353 e. The number of thiazole rings is 2. The van der Waals surface area contributed by atoms with Crippen LogP contribution < -0.4 is 5.32 Å². The molecule has 5 heteroatoms. The van der Waals surface area contributed by atoms with Crippen LogP contribution in [0, 0.1) is 6.92 Å². The molecule has 0 amide bonds. The molecule has 1 N–H and O–H groups in total. The average Bonchev–Trinajstić information content (AvgIpc) is 2.75. The Morgan fingerprint density at radius 3 is 2.86 bits per heavy atom. The van der Waals surface area contributed by atoms with Crippen LogP contribution in [0.1, 0.15) is 22.9 Å². The van der Waals surface area contributed by atoms with Gasteiger partial charge in [-0.2, -0.15) is 0 Å². The average molecular weight is 225 g/mol. The van der Waals surface area contributed by atoms with Crippen molar-refractivity contribution in [3.8, 4) is 0 Å². The summed E-state index contributed by atoms with van der Waals surface area (Å²) in [4.78, 5) is 9.75. The monoisotopic (exact) mass is 225 g/mol. The van der Waals surface area contributed by atoms with E-state index in [0.29, 0.717) is 0 Å². The Bertz CT molecular complexity index is 394. The molecular weight excluding hydrogens is 214 g/mol. The Labute approximate surface area is 90.9 Å². The molecule has 0 saturated carbocycles. The summed E-state index contributed by atoms with van der Waals surface area (Å²) in [5, 5.41) is 7.33. The van der Waals surface area contributed by atoms with Crippen molar-refractivity contribution in [3.63, 3.8) is 0 Å². The number of nitrogens with zero attached hydrogens (tertiary/aromatic N) is 2. The predicted molar refractivity (Wildman–Crippen MR) is 61.0 cm³/mol. The van der Waals surface area contributed by atoms with E-state index >= 15 is 0 Å². The van der Waals surface area contributed by atoms with E-state index in [9.17, 15) is 0 Å². The van der Waals surface area contributed by atoms with Crippen molar-refractivity contribution in [1.82, 2.24) is 9.97 Å². The molecule has 2 aromatic rings. The van der Waals surface area contributed by atoms with Gasteiger partial charge in [-0.25, -0.2) is 9.97 Å². The highest BCUT2D eigenvalue weighted by Crippen LogP contribution is 2.23. The summed E-state index contributed by atoms with van der Waals surface area (Å²) in [6.45, 7) is 4.16. The maximum absolute atomic E-state index is 4.33. The van der Waals surface area contributed by atoms with Gasteiger partial charge in [0.15, 0.2) is 5.13 Å². The Balaban J connectivity index is 2.06. The molecule has 1 unspecified atom stereocenters. The van der Waals surface area contributed by atoms with Gasteiger partial charge in [-0.15, -0.1) is 22.7 Å². The first-order chi connectivity index (χ1) is 6.75. The maximum atomic E-state index is 4.33. The molecule has 0 radical (unpaired) electrons. The highest BCUT2D eigenvalue weighted by molar-refractivity contribution is 7.13. The molecule has 2 heterocycles. The van der Waals surface area contributed by atoms with Crippen LogP contribution in [0.2, 0.25) is 0 Å². The van der Waals surface area contributed by atoms with E-state index in [4.69, 9.17) is 0 Å². The minimum absolute atomic E-state index is 0.236. The van der Waals surface area contributed by atoms with Crippen molar-refractivity contribution >= 4 is 27.8 Å². The summed E-state index contributed by atoms with van der Waals surface area (Å²) in [5.41, 5.74) is 0. The molecule has 0 aromatic carbocycles. The molecule has 0 aliphatic heterocycles. The van der Waals surface area contributed by atoms with Crippen LogP contribution >= 0.6 is 22.7 Å². The third-order valence-electron chi connectivity index (χ3n) is 1.78. The minimum Gasteiger partial charge on any atom is -0.353 e. The van der Waals surface area contributed by atoms with Gasteiger partial charge in [-0.1, -0.05) is 0 Å². The van der Waals surface area contributed by atoms with Crippen molar-refractivity contribution in [2.45, 2.75) is 19.9 Å². The smallest absolute Gasteiger partial charge is 0.183 e. The second-order valence-electron chi connectivity index (χ2n) is 3.01. The number of aryl methyl sites for hydroxylation is 1. The highest BCUT2D eigenvalue weighted by atomic mass is 32.1. The van der Waals surface area contributed by atoms with Crippen LogP contribution in [0.4, 0.5) is 5.13 Å². The molecule has 74 valence electrons. The molecule has 0 aliphatic carbocycles. The Morgan fingerprint density at radius 1 is 1.43 bits per heavy atom. The summed E-state index contributed by atoms with van der Waals surface area (Å²) >= 11 is 3.33. The van der Waals surface area contributed by atoms with Crippen molar-refractivity contribution in [1.29, 1.82) is 0 Å². The van der Waals surface area contributed by atoms with E-state index < -0.39 is 0 Å². The van der Waals surface area contributed by atoms with Crippen molar-refractivity contribution in [2.75, 3.05) is 5.32 Å². The lowest BCUT2D eigenvalue weighted by Gasteiger charge is -2.08. The second-order valence-corrected chi connectivity index (χ2v) is 5.17. The lowest BCUT2D eigenvalue weighted by atomic mass is 10.4. The van der Waals surface area contributed by atoms with Crippen molar-refractivity contribution in [2.24, 2.45) is 0 Å². The van der Waals surface area contributed by atoms with Gasteiger partial charge < -0.3 is 5.32 Å². The molecule has 0 aliphatic rings. The zero-order chi connectivity index (χ0) is 9.97. The first-order valence-corrected chi connectivity index (χ1v) is 6.03. The summed E-state index contributed by atoms with van der Waals surface area (Å²) in [6.07, 6.45) is 3.70. The third-order valence-corrected chi connectivity index (χ3v) is 3.58. The van der Waals surface area contributed by atoms with Crippen LogP contribution in [0.25, 0.3) is 0 Å². The zero-order valence-corrected chi connectivity index (χ0v) is 9.65. The summed E-state index contributed by atoms with van der Waals surface area (Å²) in [7, 11) is 0. The molecule has 14 heavy (non-hydrogen) atoms. The van der Waals surface area contributed by atoms with Crippen LogP contribution in [-0.2, 0) is 0 Å². The lowest BCUT2D eigenvalue weighted by Crippen LogP contribution is -2.05. The second kappa shape index (κ2) is 4.06. The number of anilines is 1. The number of rotatable bonds is 3. The van der Waals surface area contributed by atoms with E-state index in [1.165, 1.54) is 4.88 Å². The highest BCUT2D eigenvalue weighted by Gasteiger charge is 2.09. The Morgan fingerprint density at radius 2 is 2.29 bits per heavy atom. The first-order valence-electron chi connectivity index (χ1n) is 4.34. The fourth-order valence-electron chi connectivity index (χ4n) is 1.11. The van der Waals surface area contributed by atoms with Crippen molar-refractivity contribution < 1.29 is 0 Å². The van der Waals surface area contributed by atoms with E-state index in [0.717, 1.165) is 10.1 Å². The van der Waals surface area contributed by atoms with Crippen LogP contribution in [0.3, 0.4) is 0 Å².